The van der Waals surface area contributed by atoms with Crippen LogP contribution in [0.25, 0.3) is 34.4 Å². The van der Waals surface area contributed by atoms with Crippen LogP contribution in [0, 0.1) is 10.1 Å². The molecule has 1 heterocycles. The molecular weight excluding hydrogens is 328 g/mol. The van der Waals surface area contributed by atoms with Gasteiger partial charge in [-0.15, -0.1) is 0 Å². The molecule has 0 amide bonds. The number of nitro benzene ring substituents is 1. The third kappa shape index (κ3) is 3.23. The Labute approximate surface area is 149 Å². The maximum absolute atomic E-state index is 10.7. The van der Waals surface area contributed by atoms with E-state index in [4.69, 9.17) is 4.42 Å². The van der Waals surface area contributed by atoms with Crippen LogP contribution in [-0.2, 0) is 0 Å². The summed E-state index contributed by atoms with van der Waals surface area (Å²) >= 11 is 0. The smallest absolute Gasteiger partial charge is 0.269 e. The molecule has 0 spiro atoms. The number of nitro groups is 1. The molecule has 4 aromatic rings. The molecule has 0 bridgehead atoms. The quantitative estimate of drug-likeness (QED) is 0.359. The molecule has 1 aromatic heterocycles. The van der Waals surface area contributed by atoms with Crippen LogP contribution in [0.5, 0.6) is 0 Å². The first kappa shape index (κ1) is 15.8. The number of non-ortho nitro benzene ring substituents is 1. The van der Waals surface area contributed by atoms with Crippen molar-refractivity contribution >= 4 is 28.9 Å². The molecule has 5 nitrogen and oxygen atoms in total. The van der Waals surface area contributed by atoms with Crippen LogP contribution in [0.3, 0.4) is 0 Å². The lowest BCUT2D eigenvalue weighted by Crippen LogP contribution is -1.86. The molecule has 3 aromatic carbocycles. The first-order chi connectivity index (χ1) is 12.7. The van der Waals surface area contributed by atoms with E-state index in [0.29, 0.717) is 11.5 Å². The van der Waals surface area contributed by atoms with Crippen molar-refractivity contribution < 1.29 is 9.34 Å². The van der Waals surface area contributed by atoms with Gasteiger partial charge in [-0.25, -0.2) is 4.98 Å². The lowest BCUT2D eigenvalue weighted by molar-refractivity contribution is -0.384. The number of oxazole rings is 1. The number of benzene rings is 3. The van der Waals surface area contributed by atoms with Crippen molar-refractivity contribution in [3.05, 3.63) is 94.4 Å². The number of fused-ring (bicyclic) bond motifs is 1. The molecule has 0 atom stereocenters. The molecule has 4 rings (SSSR count). The zero-order valence-corrected chi connectivity index (χ0v) is 13.7. The van der Waals surface area contributed by atoms with E-state index in [1.807, 2.05) is 42.5 Å². The number of nitrogens with zero attached hydrogens (tertiary/aromatic N) is 2. The van der Waals surface area contributed by atoms with E-state index in [1.165, 1.54) is 12.1 Å². The Morgan fingerprint density at radius 3 is 2.38 bits per heavy atom. The van der Waals surface area contributed by atoms with E-state index in [9.17, 15) is 10.1 Å². The molecular formula is C21H14N2O3. The lowest BCUT2D eigenvalue weighted by atomic mass is 10.1. The maximum atomic E-state index is 10.7. The molecule has 0 fully saturated rings. The van der Waals surface area contributed by atoms with Crippen LogP contribution in [0.4, 0.5) is 5.69 Å². The van der Waals surface area contributed by atoms with Gasteiger partial charge in [0.2, 0.25) is 5.89 Å². The average Bonchev–Trinajstić information content (AvgIpc) is 3.09. The van der Waals surface area contributed by atoms with E-state index >= 15 is 0 Å². The SMILES string of the molecule is O=[N+]([O-])c1ccc(C=Cc2nc3cc(-c4ccccc4)ccc3o2)cc1. The third-order valence-corrected chi connectivity index (χ3v) is 4.03. The summed E-state index contributed by atoms with van der Waals surface area (Å²) in [5, 5.41) is 10.7. The Morgan fingerprint density at radius 1 is 0.885 bits per heavy atom. The largest absolute Gasteiger partial charge is 0.437 e. The van der Waals surface area contributed by atoms with Crippen LogP contribution in [0.15, 0.2) is 77.2 Å². The Morgan fingerprint density at radius 2 is 1.65 bits per heavy atom. The van der Waals surface area contributed by atoms with Crippen molar-refractivity contribution in [2.24, 2.45) is 0 Å². The first-order valence-electron chi connectivity index (χ1n) is 8.07. The summed E-state index contributed by atoms with van der Waals surface area (Å²) in [5.41, 5.74) is 4.61. The van der Waals surface area contributed by atoms with E-state index in [2.05, 4.69) is 17.1 Å². The van der Waals surface area contributed by atoms with Crippen LogP contribution in [-0.4, -0.2) is 9.91 Å². The van der Waals surface area contributed by atoms with Gasteiger partial charge in [0.1, 0.15) is 5.52 Å². The van der Waals surface area contributed by atoms with Crippen molar-refractivity contribution in [1.29, 1.82) is 0 Å². The van der Waals surface area contributed by atoms with E-state index in [-0.39, 0.29) is 5.69 Å². The van der Waals surface area contributed by atoms with Crippen molar-refractivity contribution in [3.63, 3.8) is 0 Å². The van der Waals surface area contributed by atoms with Gasteiger partial charge in [0.25, 0.3) is 5.69 Å². The van der Waals surface area contributed by atoms with E-state index < -0.39 is 4.92 Å². The summed E-state index contributed by atoms with van der Waals surface area (Å²) in [6, 6.07) is 22.3. The number of rotatable bonds is 4. The molecule has 126 valence electrons. The minimum Gasteiger partial charge on any atom is -0.437 e. The molecule has 0 saturated heterocycles. The maximum Gasteiger partial charge on any atom is 0.269 e. The molecule has 0 radical (unpaired) electrons. The topological polar surface area (TPSA) is 69.2 Å². The van der Waals surface area contributed by atoms with Gasteiger partial charge in [-0.2, -0.15) is 0 Å². The number of hydrogen-bond acceptors (Lipinski definition) is 4. The standard InChI is InChI=1S/C21H14N2O3/c24-23(25)18-10-6-15(7-11-18)8-13-21-22-19-14-17(9-12-20(19)26-21)16-4-2-1-3-5-16/h1-14H. The monoisotopic (exact) mass is 342 g/mol. The summed E-state index contributed by atoms with van der Waals surface area (Å²) in [7, 11) is 0. The van der Waals surface area contributed by atoms with Gasteiger partial charge in [-0.3, -0.25) is 10.1 Å². The summed E-state index contributed by atoms with van der Waals surface area (Å²) in [5.74, 6) is 0.489. The third-order valence-electron chi connectivity index (χ3n) is 4.03. The highest BCUT2D eigenvalue weighted by Gasteiger charge is 2.06. The molecule has 0 aliphatic carbocycles. The van der Waals surface area contributed by atoms with Gasteiger partial charge in [-0.1, -0.05) is 36.4 Å². The molecule has 0 aliphatic heterocycles. The number of hydrogen-bond donors (Lipinski definition) is 0. The number of aromatic nitrogens is 1. The zero-order valence-electron chi connectivity index (χ0n) is 13.7. The van der Waals surface area contributed by atoms with Gasteiger partial charge >= 0.3 is 0 Å². The van der Waals surface area contributed by atoms with Crippen molar-refractivity contribution in [1.82, 2.24) is 4.98 Å². The predicted molar refractivity (Wildman–Crippen MR) is 101 cm³/mol. The Bertz CT molecular complexity index is 1100. The minimum absolute atomic E-state index is 0.0671. The van der Waals surface area contributed by atoms with Gasteiger partial charge < -0.3 is 4.42 Å². The summed E-state index contributed by atoms with van der Waals surface area (Å²) in [6.07, 6.45) is 3.57. The fraction of sp³-hybridized carbons (Fsp3) is 0. The van der Waals surface area contributed by atoms with E-state index in [1.54, 1.807) is 18.2 Å². The predicted octanol–water partition coefficient (Wildman–Crippen LogP) is 5.57. The van der Waals surface area contributed by atoms with Crippen molar-refractivity contribution in [2.45, 2.75) is 0 Å². The highest BCUT2D eigenvalue weighted by atomic mass is 16.6. The molecule has 26 heavy (non-hydrogen) atoms. The molecule has 0 unspecified atom stereocenters. The Kier molecular flexibility index (Phi) is 4.03. The molecule has 5 heteroatoms. The van der Waals surface area contributed by atoms with Gasteiger partial charge in [-0.05, 0) is 47.0 Å². The Hall–Kier alpha value is -3.73. The summed E-state index contributed by atoms with van der Waals surface area (Å²) in [4.78, 5) is 14.8. The van der Waals surface area contributed by atoms with E-state index in [0.717, 1.165) is 22.2 Å². The fourth-order valence-electron chi connectivity index (χ4n) is 2.70. The van der Waals surface area contributed by atoms with Crippen LogP contribution >= 0.6 is 0 Å². The van der Waals surface area contributed by atoms with Crippen LogP contribution < -0.4 is 0 Å². The average molecular weight is 342 g/mol. The second-order valence-corrected chi connectivity index (χ2v) is 5.78. The molecule has 0 saturated carbocycles. The van der Waals surface area contributed by atoms with Gasteiger partial charge in [0, 0.05) is 18.2 Å². The molecule has 0 N–H and O–H groups in total. The normalized spacial score (nSPS) is 11.2. The van der Waals surface area contributed by atoms with Crippen molar-refractivity contribution in [3.8, 4) is 11.1 Å². The highest BCUT2D eigenvalue weighted by molar-refractivity contribution is 5.82. The summed E-state index contributed by atoms with van der Waals surface area (Å²) < 4.78 is 5.74. The fourth-order valence-corrected chi connectivity index (χ4v) is 2.70. The second kappa shape index (κ2) is 6.64. The van der Waals surface area contributed by atoms with Gasteiger partial charge in [0.05, 0.1) is 4.92 Å². The Balaban J connectivity index is 1.60. The summed E-state index contributed by atoms with van der Waals surface area (Å²) in [6.45, 7) is 0. The zero-order chi connectivity index (χ0) is 17.9. The van der Waals surface area contributed by atoms with Gasteiger partial charge in [0.15, 0.2) is 5.58 Å². The second-order valence-electron chi connectivity index (χ2n) is 5.78. The highest BCUT2D eigenvalue weighted by Crippen LogP contribution is 2.25. The molecule has 0 aliphatic rings. The van der Waals surface area contributed by atoms with Crippen LogP contribution in [0.2, 0.25) is 0 Å². The lowest BCUT2D eigenvalue weighted by Gasteiger charge is -1.99. The first-order valence-corrected chi connectivity index (χ1v) is 8.07. The minimum atomic E-state index is -0.418. The van der Waals surface area contributed by atoms with Crippen LogP contribution in [0.1, 0.15) is 11.5 Å². The van der Waals surface area contributed by atoms with Crippen molar-refractivity contribution in [2.75, 3.05) is 0 Å².